The molecule has 0 bridgehead atoms. The minimum Gasteiger partial charge on any atom is -0.439 e. The summed E-state index contributed by atoms with van der Waals surface area (Å²) in [5.41, 5.74) is 1.85. The molecule has 1 aliphatic heterocycles. The van der Waals surface area contributed by atoms with E-state index >= 15 is 0 Å². The first-order valence-corrected chi connectivity index (χ1v) is 8.11. The number of aromatic nitrogens is 1. The lowest BCUT2D eigenvalue weighted by atomic mass is 10.2. The van der Waals surface area contributed by atoms with Gasteiger partial charge in [-0.2, -0.15) is 0 Å². The average molecular weight is 327 g/mol. The van der Waals surface area contributed by atoms with E-state index in [2.05, 4.69) is 23.3 Å². The summed E-state index contributed by atoms with van der Waals surface area (Å²) in [6.07, 6.45) is 2.55. The molecule has 2 heterocycles. The van der Waals surface area contributed by atoms with Gasteiger partial charge in [-0.3, -0.25) is 0 Å². The minimum absolute atomic E-state index is 0.135. The molecule has 6 nitrogen and oxygen atoms in total. The molecular weight excluding hydrogens is 306 g/mol. The summed E-state index contributed by atoms with van der Waals surface area (Å²) in [5.74, 6) is 1.25. The maximum atomic E-state index is 12.1. The number of amides is 2. The Labute approximate surface area is 141 Å². The van der Waals surface area contributed by atoms with E-state index in [1.165, 1.54) is 5.56 Å². The smallest absolute Gasteiger partial charge is 0.322 e. The fourth-order valence-electron chi connectivity index (χ4n) is 2.43. The number of pyridine rings is 1. The Hall–Kier alpha value is -2.60. The molecule has 0 radical (unpaired) electrons. The van der Waals surface area contributed by atoms with Crippen molar-refractivity contribution in [2.24, 2.45) is 0 Å². The number of carbonyl (C=O) groups is 1. The Balaban J connectivity index is 1.59. The van der Waals surface area contributed by atoms with Crippen LogP contribution < -0.4 is 10.1 Å². The van der Waals surface area contributed by atoms with Crippen LogP contribution in [0, 0.1) is 0 Å². The molecule has 0 spiro atoms. The van der Waals surface area contributed by atoms with Gasteiger partial charge in [0.2, 0.25) is 5.88 Å². The number of urea groups is 1. The molecule has 1 aromatic carbocycles. The second-order valence-corrected chi connectivity index (χ2v) is 5.52. The summed E-state index contributed by atoms with van der Waals surface area (Å²) < 4.78 is 11.0. The van der Waals surface area contributed by atoms with Crippen LogP contribution in [0.3, 0.4) is 0 Å². The highest BCUT2D eigenvalue weighted by Crippen LogP contribution is 2.21. The quantitative estimate of drug-likeness (QED) is 0.936. The predicted octanol–water partition coefficient (Wildman–Crippen LogP) is 3.30. The Morgan fingerprint density at radius 3 is 2.83 bits per heavy atom. The molecular formula is C18H21N3O3. The molecule has 1 aromatic heterocycles. The van der Waals surface area contributed by atoms with Gasteiger partial charge < -0.3 is 19.7 Å². The molecule has 0 saturated carbocycles. The number of anilines is 1. The molecule has 6 heteroatoms. The van der Waals surface area contributed by atoms with Crippen LogP contribution in [0.5, 0.6) is 11.6 Å². The van der Waals surface area contributed by atoms with E-state index in [1.807, 2.05) is 18.2 Å². The van der Waals surface area contributed by atoms with Gasteiger partial charge in [-0.05, 0) is 30.2 Å². The largest absolute Gasteiger partial charge is 0.439 e. The SMILES string of the molecule is CCc1cccc(Oc2ccc(NC(=O)N3CCOCC3)cn2)c1. The van der Waals surface area contributed by atoms with Gasteiger partial charge in [0.1, 0.15) is 5.75 Å². The molecule has 2 amide bonds. The zero-order valence-corrected chi connectivity index (χ0v) is 13.7. The topological polar surface area (TPSA) is 63.7 Å². The zero-order valence-electron chi connectivity index (χ0n) is 13.7. The van der Waals surface area contributed by atoms with Crippen molar-refractivity contribution >= 4 is 11.7 Å². The van der Waals surface area contributed by atoms with Crippen LogP contribution in [0.25, 0.3) is 0 Å². The number of rotatable bonds is 4. The van der Waals surface area contributed by atoms with Gasteiger partial charge in [0.25, 0.3) is 0 Å². The lowest BCUT2D eigenvalue weighted by molar-refractivity contribution is 0.0564. The van der Waals surface area contributed by atoms with Crippen molar-refractivity contribution in [3.8, 4) is 11.6 Å². The number of nitrogens with zero attached hydrogens (tertiary/aromatic N) is 2. The van der Waals surface area contributed by atoms with Crippen LogP contribution >= 0.6 is 0 Å². The number of nitrogens with one attached hydrogen (secondary N) is 1. The second kappa shape index (κ2) is 7.79. The van der Waals surface area contributed by atoms with Crippen molar-refractivity contribution < 1.29 is 14.3 Å². The maximum Gasteiger partial charge on any atom is 0.322 e. The predicted molar refractivity (Wildman–Crippen MR) is 91.5 cm³/mol. The first-order chi connectivity index (χ1) is 11.7. The lowest BCUT2D eigenvalue weighted by Gasteiger charge is -2.26. The van der Waals surface area contributed by atoms with E-state index < -0.39 is 0 Å². The van der Waals surface area contributed by atoms with E-state index in [0.717, 1.165) is 12.2 Å². The van der Waals surface area contributed by atoms with Crippen molar-refractivity contribution in [3.05, 3.63) is 48.2 Å². The third kappa shape index (κ3) is 4.23. The highest BCUT2D eigenvalue weighted by Gasteiger charge is 2.16. The molecule has 1 fully saturated rings. The molecule has 0 unspecified atom stereocenters. The number of hydrogen-bond donors (Lipinski definition) is 1. The van der Waals surface area contributed by atoms with E-state index in [4.69, 9.17) is 9.47 Å². The Morgan fingerprint density at radius 2 is 2.12 bits per heavy atom. The fourth-order valence-corrected chi connectivity index (χ4v) is 2.43. The van der Waals surface area contributed by atoms with E-state index in [1.54, 1.807) is 23.2 Å². The van der Waals surface area contributed by atoms with Gasteiger partial charge in [0.05, 0.1) is 25.1 Å². The number of carbonyl (C=O) groups excluding carboxylic acids is 1. The summed E-state index contributed by atoms with van der Waals surface area (Å²) in [4.78, 5) is 18.1. The molecule has 1 N–H and O–H groups in total. The van der Waals surface area contributed by atoms with Crippen LogP contribution in [0.4, 0.5) is 10.5 Å². The van der Waals surface area contributed by atoms with Gasteiger partial charge in [-0.15, -0.1) is 0 Å². The van der Waals surface area contributed by atoms with E-state index in [-0.39, 0.29) is 6.03 Å². The van der Waals surface area contributed by atoms with Crippen molar-refractivity contribution in [1.82, 2.24) is 9.88 Å². The van der Waals surface area contributed by atoms with Gasteiger partial charge in [-0.25, -0.2) is 9.78 Å². The summed E-state index contributed by atoms with van der Waals surface area (Å²) in [6.45, 7) is 4.47. The van der Waals surface area contributed by atoms with Gasteiger partial charge in [0.15, 0.2) is 0 Å². The molecule has 0 atom stereocenters. The van der Waals surface area contributed by atoms with Gasteiger partial charge in [-0.1, -0.05) is 19.1 Å². The number of aryl methyl sites for hydroxylation is 1. The van der Waals surface area contributed by atoms with Crippen LogP contribution in [0.2, 0.25) is 0 Å². The number of morpholine rings is 1. The standard InChI is InChI=1S/C18H21N3O3/c1-2-14-4-3-5-16(12-14)24-17-7-6-15(13-19-17)20-18(22)21-8-10-23-11-9-21/h3-7,12-13H,2,8-11H2,1H3,(H,20,22). The minimum atomic E-state index is -0.135. The summed E-state index contributed by atoms with van der Waals surface area (Å²) in [7, 11) is 0. The number of ether oxygens (including phenoxy) is 2. The first-order valence-electron chi connectivity index (χ1n) is 8.11. The molecule has 2 aromatic rings. The van der Waals surface area contributed by atoms with E-state index in [9.17, 15) is 4.79 Å². The fraction of sp³-hybridized carbons (Fsp3) is 0.333. The monoisotopic (exact) mass is 327 g/mol. The maximum absolute atomic E-state index is 12.1. The third-order valence-corrected chi connectivity index (χ3v) is 3.82. The molecule has 24 heavy (non-hydrogen) atoms. The normalized spacial score (nSPS) is 14.3. The van der Waals surface area contributed by atoms with Gasteiger partial charge >= 0.3 is 6.03 Å². The van der Waals surface area contributed by atoms with Crippen LogP contribution in [-0.2, 0) is 11.2 Å². The third-order valence-electron chi connectivity index (χ3n) is 3.82. The summed E-state index contributed by atoms with van der Waals surface area (Å²) in [6, 6.07) is 11.3. The van der Waals surface area contributed by atoms with Crippen molar-refractivity contribution in [1.29, 1.82) is 0 Å². The van der Waals surface area contributed by atoms with Crippen LogP contribution in [0.1, 0.15) is 12.5 Å². The molecule has 1 aliphatic rings. The number of hydrogen-bond acceptors (Lipinski definition) is 4. The summed E-state index contributed by atoms with van der Waals surface area (Å²) >= 11 is 0. The van der Waals surface area contributed by atoms with Crippen molar-refractivity contribution in [3.63, 3.8) is 0 Å². The Bertz CT molecular complexity index is 682. The molecule has 3 rings (SSSR count). The van der Waals surface area contributed by atoms with Crippen molar-refractivity contribution in [2.45, 2.75) is 13.3 Å². The van der Waals surface area contributed by atoms with Gasteiger partial charge in [0, 0.05) is 19.2 Å². The second-order valence-electron chi connectivity index (χ2n) is 5.52. The highest BCUT2D eigenvalue weighted by molar-refractivity contribution is 5.89. The average Bonchev–Trinajstić information content (AvgIpc) is 2.64. The molecule has 1 saturated heterocycles. The highest BCUT2D eigenvalue weighted by atomic mass is 16.5. The zero-order chi connectivity index (χ0) is 16.8. The molecule has 0 aliphatic carbocycles. The van der Waals surface area contributed by atoms with Crippen LogP contribution in [-0.4, -0.2) is 42.2 Å². The summed E-state index contributed by atoms with van der Waals surface area (Å²) in [5, 5.41) is 2.83. The lowest BCUT2D eigenvalue weighted by Crippen LogP contribution is -2.43. The molecule has 126 valence electrons. The first kappa shape index (κ1) is 16.3. The van der Waals surface area contributed by atoms with E-state index in [0.29, 0.717) is 37.9 Å². The van der Waals surface area contributed by atoms with Crippen molar-refractivity contribution in [2.75, 3.05) is 31.6 Å². The Kier molecular flexibility index (Phi) is 5.28. The Morgan fingerprint density at radius 1 is 1.29 bits per heavy atom. The van der Waals surface area contributed by atoms with Crippen LogP contribution in [0.15, 0.2) is 42.6 Å². The number of benzene rings is 1.